The molecule has 7 heteroatoms. The average molecular weight is 372 g/mol. The summed E-state index contributed by atoms with van der Waals surface area (Å²) in [4.78, 5) is 31.0. The number of esters is 1. The first-order chi connectivity index (χ1) is 13.1. The van der Waals surface area contributed by atoms with Crippen LogP contribution in [0.15, 0.2) is 30.6 Å². The van der Waals surface area contributed by atoms with Gasteiger partial charge in [-0.1, -0.05) is 6.07 Å². The van der Waals surface area contributed by atoms with Crippen LogP contribution in [0.3, 0.4) is 0 Å². The molecule has 142 valence electrons. The first kappa shape index (κ1) is 18.9. The topological polar surface area (TPSA) is 78.4 Å². The maximum absolute atomic E-state index is 13.7. The number of halogens is 1. The zero-order valence-corrected chi connectivity index (χ0v) is 15.1. The normalized spacial score (nSPS) is 19.3. The Hall–Kier alpha value is -2.83. The highest BCUT2D eigenvalue weighted by Crippen LogP contribution is 2.28. The van der Waals surface area contributed by atoms with Crippen molar-refractivity contribution >= 4 is 12.3 Å². The Morgan fingerprint density at radius 2 is 2.00 bits per heavy atom. The van der Waals surface area contributed by atoms with E-state index in [-0.39, 0.29) is 23.6 Å². The molecule has 1 aromatic heterocycles. The van der Waals surface area contributed by atoms with Crippen molar-refractivity contribution in [2.45, 2.75) is 38.7 Å². The summed E-state index contributed by atoms with van der Waals surface area (Å²) in [6.45, 7) is 2.21. The summed E-state index contributed by atoms with van der Waals surface area (Å²) in [5.41, 5.74) is 1.03. The second-order valence-corrected chi connectivity index (χ2v) is 6.44. The number of aldehydes is 1. The minimum absolute atomic E-state index is 0.00471. The van der Waals surface area contributed by atoms with E-state index in [1.807, 2.05) is 0 Å². The lowest BCUT2D eigenvalue weighted by atomic mass is 9.87. The molecule has 3 rings (SSSR count). The molecule has 0 saturated heterocycles. The van der Waals surface area contributed by atoms with Gasteiger partial charge in [0.1, 0.15) is 11.9 Å². The third-order valence-electron chi connectivity index (χ3n) is 4.63. The van der Waals surface area contributed by atoms with E-state index in [9.17, 15) is 14.0 Å². The lowest BCUT2D eigenvalue weighted by molar-refractivity contribution is -0.149. The van der Waals surface area contributed by atoms with Gasteiger partial charge in [0.15, 0.2) is 6.29 Å². The largest absolute Gasteiger partial charge is 0.473 e. The molecule has 1 saturated carbocycles. The van der Waals surface area contributed by atoms with Gasteiger partial charge in [-0.2, -0.15) is 0 Å². The van der Waals surface area contributed by atoms with E-state index in [2.05, 4.69) is 9.97 Å². The van der Waals surface area contributed by atoms with E-state index in [0.29, 0.717) is 30.0 Å². The molecule has 1 aliphatic rings. The number of nitrogens with zero attached hydrogens (tertiary/aromatic N) is 2. The molecule has 0 bridgehead atoms. The van der Waals surface area contributed by atoms with Crippen LogP contribution in [0.2, 0.25) is 0 Å². The Labute approximate surface area is 156 Å². The summed E-state index contributed by atoms with van der Waals surface area (Å²) in [5.74, 6) is -0.387. The molecule has 1 aromatic carbocycles. The van der Waals surface area contributed by atoms with Gasteiger partial charge in [0.25, 0.3) is 0 Å². The summed E-state index contributed by atoms with van der Waals surface area (Å²) in [7, 11) is 0. The van der Waals surface area contributed by atoms with Gasteiger partial charge in [-0.05, 0) is 44.7 Å². The molecule has 0 atom stereocenters. The van der Waals surface area contributed by atoms with Gasteiger partial charge < -0.3 is 9.47 Å². The van der Waals surface area contributed by atoms with Crippen LogP contribution >= 0.6 is 0 Å². The van der Waals surface area contributed by atoms with E-state index in [0.717, 1.165) is 25.7 Å². The standard InChI is InChI=1S/C20H21FN2O4/c1-2-26-20(25)13-5-7-16(8-6-13)27-19-11-22-18(10-23-19)14-3-4-15(12-24)17(21)9-14/h3-4,9-13,16H,2,5-8H2,1H3. The van der Waals surface area contributed by atoms with Crippen LogP contribution in [0, 0.1) is 11.7 Å². The fraction of sp³-hybridized carbons (Fsp3) is 0.400. The molecule has 0 N–H and O–H groups in total. The Morgan fingerprint density at radius 1 is 1.22 bits per heavy atom. The van der Waals surface area contributed by atoms with Gasteiger partial charge in [0.2, 0.25) is 5.88 Å². The molecule has 1 fully saturated rings. The maximum Gasteiger partial charge on any atom is 0.308 e. The summed E-state index contributed by atoms with van der Waals surface area (Å²) in [6.07, 6.45) is 6.44. The van der Waals surface area contributed by atoms with Gasteiger partial charge in [0, 0.05) is 5.56 Å². The van der Waals surface area contributed by atoms with Crippen LogP contribution in [0.1, 0.15) is 43.0 Å². The summed E-state index contributed by atoms with van der Waals surface area (Å²) < 4.78 is 24.6. The van der Waals surface area contributed by atoms with Crippen molar-refractivity contribution in [2.24, 2.45) is 5.92 Å². The van der Waals surface area contributed by atoms with E-state index in [1.165, 1.54) is 24.5 Å². The smallest absolute Gasteiger partial charge is 0.308 e. The Bertz CT molecular complexity index is 802. The molecule has 0 radical (unpaired) electrons. The molecular weight excluding hydrogens is 351 g/mol. The zero-order chi connectivity index (χ0) is 19.2. The van der Waals surface area contributed by atoms with Crippen molar-refractivity contribution in [2.75, 3.05) is 6.61 Å². The zero-order valence-electron chi connectivity index (χ0n) is 15.1. The van der Waals surface area contributed by atoms with E-state index >= 15 is 0 Å². The molecule has 27 heavy (non-hydrogen) atoms. The van der Waals surface area contributed by atoms with Gasteiger partial charge in [-0.3, -0.25) is 9.59 Å². The fourth-order valence-corrected chi connectivity index (χ4v) is 3.16. The monoisotopic (exact) mass is 372 g/mol. The van der Waals surface area contributed by atoms with Crippen molar-refractivity contribution in [3.63, 3.8) is 0 Å². The number of carbonyl (C=O) groups is 2. The second kappa shape index (κ2) is 8.70. The highest BCUT2D eigenvalue weighted by molar-refractivity contribution is 5.77. The molecule has 2 aromatic rings. The molecule has 1 aliphatic carbocycles. The molecule has 1 heterocycles. The Balaban J connectivity index is 1.58. The fourth-order valence-electron chi connectivity index (χ4n) is 3.16. The number of carbonyl (C=O) groups excluding carboxylic acids is 2. The lowest BCUT2D eigenvalue weighted by Gasteiger charge is -2.27. The van der Waals surface area contributed by atoms with E-state index < -0.39 is 5.82 Å². The first-order valence-corrected chi connectivity index (χ1v) is 9.01. The average Bonchev–Trinajstić information content (AvgIpc) is 2.69. The summed E-state index contributed by atoms with van der Waals surface area (Å²) >= 11 is 0. The number of rotatable bonds is 6. The summed E-state index contributed by atoms with van der Waals surface area (Å²) in [5, 5.41) is 0. The van der Waals surface area contributed by atoms with Crippen molar-refractivity contribution in [1.82, 2.24) is 9.97 Å². The van der Waals surface area contributed by atoms with Crippen LogP contribution in [0.4, 0.5) is 4.39 Å². The SMILES string of the molecule is CCOC(=O)C1CCC(Oc2cnc(-c3ccc(C=O)c(F)c3)cn2)CC1. The molecular formula is C20H21FN2O4. The maximum atomic E-state index is 13.7. The van der Waals surface area contributed by atoms with Gasteiger partial charge in [0.05, 0.1) is 36.2 Å². The highest BCUT2D eigenvalue weighted by Gasteiger charge is 2.28. The van der Waals surface area contributed by atoms with Gasteiger partial charge in [-0.15, -0.1) is 0 Å². The third-order valence-corrected chi connectivity index (χ3v) is 4.63. The first-order valence-electron chi connectivity index (χ1n) is 9.01. The van der Waals surface area contributed by atoms with Crippen LogP contribution < -0.4 is 4.74 Å². The third kappa shape index (κ3) is 4.67. The van der Waals surface area contributed by atoms with Crippen molar-refractivity contribution in [1.29, 1.82) is 0 Å². The molecule has 6 nitrogen and oxygen atoms in total. The van der Waals surface area contributed by atoms with Crippen LogP contribution in [-0.2, 0) is 9.53 Å². The summed E-state index contributed by atoms with van der Waals surface area (Å²) in [6, 6.07) is 4.28. The Kier molecular flexibility index (Phi) is 6.11. The minimum atomic E-state index is -0.594. The predicted octanol–water partition coefficient (Wildman–Crippen LogP) is 3.60. The highest BCUT2D eigenvalue weighted by atomic mass is 19.1. The van der Waals surface area contributed by atoms with Crippen molar-refractivity contribution in [3.05, 3.63) is 42.0 Å². The van der Waals surface area contributed by atoms with Crippen LogP contribution in [-0.4, -0.2) is 34.9 Å². The quantitative estimate of drug-likeness (QED) is 0.569. The lowest BCUT2D eigenvalue weighted by Crippen LogP contribution is -2.29. The van der Waals surface area contributed by atoms with E-state index in [1.54, 1.807) is 13.0 Å². The van der Waals surface area contributed by atoms with Crippen LogP contribution in [0.5, 0.6) is 5.88 Å². The second-order valence-electron chi connectivity index (χ2n) is 6.44. The molecule has 0 amide bonds. The minimum Gasteiger partial charge on any atom is -0.473 e. The van der Waals surface area contributed by atoms with Crippen molar-refractivity contribution < 1.29 is 23.5 Å². The van der Waals surface area contributed by atoms with Gasteiger partial charge in [-0.25, -0.2) is 14.4 Å². The number of hydrogen-bond acceptors (Lipinski definition) is 6. The number of ether oxygens (including phenoxy) is 2. The number of hydrogen-bond donors (Lipinski definition) is 0. The van der Waals surface area contributed by atoms with E-state index in [4.69, 9.17) is 9.47 Å². The molecule has 0 aliphatic heterocycles. The van der Waals surface area contributed by atoms with Crippen molar-refractivity contribution in [3.8, 4) is 17.1 Å². The molecule has 0 spiro atoms. The number of benzene rings is 1. The Morgan fingerprint density at radius 3 is 2.59 bits per heavy atom. The molecule has 0 unspecified atom stereocenters. The van der Waals surface area contributed by atoms with Gasteiger partial charge >= 0.3 is 5.97 Å². The van der Waals surface area contributed by atoms with Crippen LogP contribution in [0.25, 0.3) is 11.3 Å². The number of aromatic nitrogens is 2. The predicted molar refractivity (Wildman–Crippen MR) is 95.8 cm³/mol.